The predicted molar refractivity (Wildman–Crippen MR) is 81.4 cm³/mol. The van der Waals surface area contributed by atoms with E-state index in [-0.39, 0.29) is 29.6 Å². The Bertz CT molecular complexity index is 760. The van der Waals surface area contributed by atoms with Crippen LogP contribution in [0.2, 0.25) is 0 Å². The van der Waals surface area contributed by atoms with Crippen molar-refractivity contribution in [2.24, 2.45) is 4.99 Å². The van der Waals surface area contributed by atoms with Crippen LogP contribution in [0.15, 0.2) is 47.5 Å². The van der Waals surface area contributed by atoms with Crippen LogP contribution in [0.25, 0.3) is 0 Å². The lowest BCUT2D eigenvalue weighted by Gasteiger charge is -2.25. The van der Waals surface area contributed by atoms with Gasteiger partial charge in [0, 0.05) is 18.3 Å². The standard InChI is InChI=1S/C16H14N2O5/c19-14-6-5-12(18(20)21)7-11(14)8-17-9-13-10-22-15-3-1-2-4-16(15)23-13/h1-8,13,19H,9-10H2/p-1/t13-/m0/s1. The minimum atomic E-state index is -0.550. The molecule has 0 unspecified atom stereocenters. The quantitative estimate of drug-likeness (QED) is 0.488. The molecule has 0 saturated carbocycles. The van der Waals surface area contributed by atoms with E-state index in [1.54, 1.807) is 0 Å². The molecule has 23 heavy (non-hydrogen) atoms. The van der Waals surface area contributed by atoms with Crippen LogP contribution in [-0.4, -0.2) is 30.4 Å². The van der Waals surface area contributed by atoms with E-state index in [2.05, 4.69) is 4.99 Å². The van der Waals surface area contributed by atoms with Gasteiger partial charge in [-0.3, -0.25) is 15.1 Å². The maximum absolute atomic E-state index is 11.7. The molecule has 0 bridgehead atoms. The summed E-state index contributed by atoms with van der Waals surface area (Å²) in [5.74, 6) is 1.03. The lowest BCUT2D eigenvalue weighted by atomic mass is 10.2. The summed E-state index contributed by atoms with van der Waals surface area (Å²) in [6.07, 6.45) is 1.06. The maximum atomic E-state index is 11.7. The highest BCUT2D eigenvalue weighted by Crippen LogP contribution is 2.30. The fraction of sp³-hybridized carbons (Fsp3) is 0.188. The van der Waals surface area contributed by atoms with E-state index < -0.39 is 4.92 Å². The summed E-state index contributed by atoms with van der Waals surface area (Å²) in [5, 5.41) is 22.4. The molecule has 3 rings (SSSR count). The number of nitrogens with zero attached hydrogens (tertiary/aromatic N) is 2. The third kappa shape index (κ3) is 3.39. The van der Waals surface area contributed by atoms with Crippen LogP contribution in [0.1, 0.15) is 5.56 Å². The summed E-state index contributed by atoms with van der Waals surface area (Å²) in [6.45, 7) is 0.643. The number of hydrogen-bond acceptors (Lipinski definition) is 6. The van der Waals surface area contributed by atoms with E-state index in [0.29, 0.717) is 18.1 Å². The van der Waals surface area contributed by atoms with Crippen molar-refractivity contribution in [3.05, 3.63) is 58.1 Å². The van der Waals surface area contributed by atoms with Gasteiger partial charge in [0.15, 0.2) is 17.6 Å². The molecule has 1 aliphatic rings. The topological polar surface area (TPSA) is 97.0 Å². The molecular weight excluding hydrogens is 300 g/mol. The fourth-order valence-corrected chi connectivity index (χ4v) is 2.17. The van der Waals surface area contributed by atoms with Gasteiger partial charge >= 0.3 is 0 Å². The Morgan fingerprint density at radius 1 is 1.26 bits per heavy atom. The molecule has 2 aromatic carbocycles. The first-order valence-corrected chi connectivity index (χ1v) is 6.97. The number of nitro groups is 1. The molecule has 1 atom stereocenters. The lowest BCUT2D eigenvalue weighted by molar-refractivity contribution is -0.385. The van der Waals surface area contributed by atoms with Crippen molar-refractivity contribution < 1.29 is 19.5 Å². The molecule has 0 saturated heterocycles. The molecule has 1 heterocycles. The lowest BCUT2D eigenvalue weighted by Crippen LogP contribution is -2.31. The average Bonchev–Trinajstić information content (AvgIpc) is 2.56. The van der Waals surface area contributed by atoms with E-state index in [4.69, 9.17) is 9.47 Å². The molecule has 0 radical (unpaired) electrons. The SMILES string of the molecule is O=[N+]([O-])c1ccc([O-])c(C=NC[C@H]2COc3ccccc3O2)c1. The molecule has 118 valence electrons. The molecule has 0 aliphatic carbocycles. The summed E-state index contributed by atoms with van der Waals surface area (Å²) in [4.78, 5) is 14.3. The first-order valence-electron chi connectivity index (χ1n) is 6.97. The van der Waals surface area contributed by atoms with Crippen LogP contribution >= 0.6 is 0 Å². The monoisotopic (exact) mass is 313 g/mol. The van der Waals surface area contributed by atoms with Crippen LogP contribution in [0.5, 0.6) is 17.2 Å². The van der Waals surface area contributed by atoms with Gasteiger partial charge in [-0.25, -0.2) is 0 Å². The van der Waals surface area contributed by atoms with Gasteiger partial charge in [0.25, 0.3) is 5.69 Å². The average molecular weight is 313 g/mol. The van der Waals surface area contributed by atoms with Crippen LogP contribution < -0.4 is 14.6 Å². The van der Waals surface area contributed by atoms with Crippen LogP contribution in [0.4, 0.5) is 5.69 Å². The van der Waals surface area contributed by atoms with Gasteiger partial charge < -0.3 is 14.6 Å². The number of ether oxygens (including phenoxy) is 2. The largest absolute Gasteiger partial charge is 0.872 e. The number of fused-ring (bicyclic) bond motifs is 1. The zero-order valence-corrected chi connectivity index (χ0v) is 12.0. The van der Waals surface area contributed by atoms with Crippen LogP contribution in [-0.2, 0) is 0 Å². The molecule has 0 N–H and O–H groups in total. The van der Waals surface area contributed by atoms with Crippen molar-refractivity contribution in [3.63, 3.8) is 0 Å². The number of benzene rings is 2. The molecule has 0 fully saturated rings. The molecule has 0 aromatic heterocycles. The van der Waals surface area contributed by atoms with Gasteiger partial charge in [-0.05, 0) is 17.7 Å². The van der Waals surface area contributed by atoms with E-state index in [1.807, 2.05) is 24.3 Å². The predicted octanol–water partition coefficient (Wildman–Crippen LogP) is 1.93. The van der Waals surface area contributed by atoms with E-state index in [1.165, 1.54) is 18.3 Å². The minimum absolute atomic E-state index is 0.141. The van der Waals surface area contributed by atoms with Crippen molar-refractivity contribution in [2.45, 2.75) is 6.10 Å². The Morgan fingerprint density at radius 2 is 2.04 bits per heavy atom. The summed E-state index contributed by atoms with van der Waals surface area (Å²) in [6, 6.07) is 10.9. The Labute approximate surface area is 132 Å². The fourth-order valence-electron chi connectivity index (χ4n) is 2.17. The zero-order valence-electron chi connectivity index (χ0n) is 12.0. The third-order valence-corrected chi connectivity index (χ3v) is 3.31. The highest BCUT2D eigenvalue weighted by Gasteiger charge is 2.19. The van der Waals surface area contributed by atoms with Crippen molar-refractivity contribution in [1.82, 2.24) is 0 Å². The first-order chi connectivity index (χ1) is 11.1. The van der Waals surface area contributed by atoms with Crippen molar-refractivity contribution in [2.75, 3.05) is 13.2 Å². The second kappa shape index (κ2) is 6.35. The van der Waals surface area contributed by atoms with E-state index >= 15 is 0 Å². The number of hydrogen-bond donors (Lipinski definition) is 0. The number of nitro benzene ring substituents is 1. The van der Waals surface area contributed by atoms with Gasteiger partial charge in [-0.1, -0.05) is 23.9 Å². The number of non-ortho nitro benzene ring substituents is 1. The van der Waals surface area contributed by atoms with Gasteiger partial charge in [0.1, 0.15) is 6.61 Å². The highest BCUT2D eigenvalue weighted by molar-refractivity contribution is 5.84. The van der Waals surface area contributed by atoms with E-state index in [9.17, 15) is 15.2 Å². The molecular formula is C16H13N2O5-. The Balaban J connectivity index is 1.66. The maximum Gasteiger partial charge on any atom is 0.270 e. The Kier molecular flexibility index (Phi) is 4.09. The molecule has 7 heteroatoms. The number of para-hydroxylation sites is 2. The normalized spacial score (nSPS) is 16.4. The minimum Gasteiger partial charge on any atom is -0.872 e. The van der Waals surface area contributed by atoms with Crippen molar-refractivity contribution in [1.29, 1.82) is 0 Å². The van der Waals surface area contributed by atoms with Gasteiger partial charge in [-0.2, -0.15) is 0 Å². The first kappa shape index (κ1) is 14.8. The number of rotatable bonds is 4. The summed E-state index contributed by atoms with van der Waals surface area (Å²) in [7, 11) is 0. The van der Waals surface area contributed by atoms with Gasteiger partial charge in [0.2, 0.25) is 0 Å². The van der Waals surface area contributed by atoms with Gasteiger partial charge in [-0.15, -0.1) is 0 Å². The summed E-state index contributed by atoms with van der Waals surface area (Å²) in [5.41, 5.74) is 0.0357. The molecule has 0 amide bonds. The second-order valence-corrected chi connectivity index (χ2v) is 4.97. The van der Waals surface area contributed by atoms with Crippen LogP contribution in [0.3, 0.4) is 0 Å². The highest BCUT2D eigenvalue weighted by atomic mass is 16.6. The Morgan fingerprint density at radius 3 is 2.83 bits per heavy atom. The summed E-state index contributed by atoms with van der Waals surface area (Å²) >= 11 is 0. The molecule has 2 aromatic rings. The molecule has 7 nitrogen and oxygen atoms in total. The smallest absolute Gasteiger partial charge is 0.270 e. The zero-order chi connectivity index (χ0) is 16.2. The van der Waals surface area contributed by atoms with Crippen molar-refractivity contribution >= 4 is 11.9 Å². The van der Waals surface area contributed by atoms with Crippen molar-refractivity contribution in [3.8, 4) is 17.2 Å². The Hall–Kier alpha value is -3.09. The van der Waals surface area contributed by atoms with Crippen LogP contribution in [0, 0.1) is 10.1 Å². The summed E-state index contributed by atoms with van der Waals surface area (Å²) < 4.78 is 11.3. The second-order valence-electron chi connectivity index (χ2n) is 4.97. The number of aliphatic imine (C=N–C) groups is 1. The molecule has 0 spiro atoms. The molecule has 1 aliphatic heterocycles. The van der Waals surface area contributed by atoms with E-state index in [0.717, 1.165) is 6.07 Å². The third-order valence-electron chi connectivity index (χ3n) is 3.31. The van der Waals surface area contributed by atoms with Gasteiger partial charge in [0.05, 0.1) is 11.5 Å².